The normalized spacial score (nSPS) is 24.8. The molecule has 0 amide bonds. The van der Waals surface area contributed by atoms with Gasteiger partial charge in [0, 0.05) is 12.6 Å². The van der Waals surface area contributed by atoms with Crippen LogP contribution in [-0.4, -0.2) is 18.9 Å². The molecule has 0 saturated carbocycles. The van der Waals surface area contributed by atoms with Crippen molar-refractivity contribution in [3.63, 3.8) is 0 Å². The number of carbonyl (C=O) groups excluding carboxylic acids is 1. The van der Waals surface area contributed by atoms with Gasteiger partial charge < -0.3 is 4.90 Å². The second-order valence-electron chi connectivity index (χ2n) is 4.63. The van der Waals surface area contributed by atoms with E-state index in [1.165, 1.54) is 6.07 Å². The Kier molecular flexibility index (Phi) is 2.95. The van der Waals surface area contributed by atoms with E-state index in [0.29, 0.717) is 18.2 Å². The van der Waals surface area contributed by atoms with Gasteiger partial charge in [-0.05, 0) is 31.4 Å². The third kappa shape index (κ3) is 1.82. The highest BCUT2D eigenvalue weighted by molar-refractivity contribution is 5.85. The molecule has 0 radical (unpaired) electrons. The average Bonchev–Trinajstić information content (AvgIpc) is 2.57. The molecule has 1 saturated heterocycles. The highest BCUT2D eigenvalue weighted by Gasteiger charge is 2.28. The molecule has 2 nitrogen and oxygen atoms in total. The van der Waals surface area contributed by atoms with Crippen LogP contribution in [0.25, 0.3) is 0 Å². The van der Waals surface area contributed by atoms with Gasteiger partial charge >= 0.3 is 0 Å². The zero-order valence-corrected chi connectivity index (χ0v) is 9.61. The van der Waals surface area contributed by atoms with Crippen molar-refractivity contribution in [1.29, 1.82) is 0 Å². The fourth-order valence-electron chi connectivity index (χ4n) is 2.53. The van der Waals surface area contributed by atoms with Gasteiger partial charge in [0.25, 0.3) is 0 Å². The van der Waals surface area contributed by atoms with Crippen molar-refractivity contribution in [2.45, 2.75) is 26.3 Å². The van der Waals surface area contributed by atoms with Gasteiger partial charge in [-0.3, -0.25) is 4.79 Å². The fourth-order valence-corrected chi connectivity index (χ4v) is 2.53. The quantitative estimate of drug-likeness (QED) is 0.716. The second-order valence-corrected chi connectivity index (χ2v) is 4.63. The lowest BCUT2D eigenvalue weighted by atomic mass is 10.1. The average molecular weight is 221 g/mol. The van der Waals surface area contributed by atoms with Gasteiger partial charge in [-0.15, -0.1) is 0 Å². The van der Waals surface area contributed by atoms with E-state index < -0.39 is 5.82 Å². The molecule has 16 heavy (non-hydrogen) atoms. The summed E-state index contributed by atoms with van der Waals surface area (Å²) in [5.41, 5.74) is 0.912. The number of nitrogens with zero attached hydrogens (tertiary/aromatic N) is 1. The van der Waals surface area contributed by atoms with Crippen molar-refractivity contribution in [3.8, 4) is 0 Å². The van der Waals surface area contributed by atoms with Gasteiger partial charge in [-0.25, -0.2) is 4.39 Å². The molecule has 1 fully saturated rings. The molecule has 1 aliphatic rings. The summed E-state index contributed by atoms with van der Waals surface area (Å²) in [5, 5.41) is 0. The molecule has 2 unspecified atom stereocenters. The maximum Gasteiger partial charge on any atom is 0.155 e. The molecular formula is C13H16FNO. The Bertz CT molecular complexity index is 405. The first-order valence-electron chi connectivity index (χ1n) is 5.63. The Hall–Kier alpha value is -1.38. The molecule has 1 aromatic rings. The Labute approximate surface area is 95.1 Å². The van der Waals surface area contributed by atoms with Gasteiger partial charge in [0.15, 0.2) is 6.29 Å². The number of benzene rings is 1. The zero-order chi connectivity index (χ0) is 11.7. The first-order chi connectivity index (χ1) is 7.63. The molecule has 0 aliphatic carbocycles. The van der Waals surface area contributed by atoms with Gasteiger partial charge in [0.05, 0.1) is 11.3 Å². The number of aldehydes is 1. The Balaban J connectivity index is 2.40. The molecule has 1 aliphatic heterocycles. The van der Waals surface area contributed by atoms with Crippen molar-refractivity contribution >= 4 is 12.0 Å². The summed E-state index contributed by atoms with van der Waals surface area (Å²) in [5.74, 6) is 0.164. The van der Waals surface area contributed by atoms with Crippen molar-refractivity contribution in [3.05, 3.63) is 29.6 Å². The van der Waals surface area contributed by atoms with Gasteiger partial charge in [-0.1, -0.05) is 13.0 Å². The van der Waals surface area contributed by atoms with Crippen LogP contribution in [0, 0.1) is 11.7 Å². The first kappa shape index (κ1) is 11.1. The topological polar surface area (TPSA) is 20.3 Å². The molecule has 0 aromatic heterocycles. The maximum atomic E-state index is 13.5. The minimum absolute atomic E-state index is 0.184. The van der Waals surface area contributed by atoms with E-state index >= 15 is 0 Å². The van der Waals surface area contributed by atoms with Crippen molar-refractivity contribution in [2.24, 2.45) is 5.92 Å². The summed E-state index contributed by atoms with van der Waals surface area (Å²) < 4.78 is 13.5. The predicted molar refractivity (Wildman–Crippen MR) is 62.4 cm³/mol. The first-order valence-corrected chi connectivity index (χ1v) is 5.63. The van der Waals surface area contributed by atoms with E-state index in [-0.39, 0.29) is 5.56 Å². The lowest BCUT2D eigenvalue weighted by molar-refractivity contribution is 0.112. The number of rotatable bonds is 2. The molecule has 0 spiro atoms. The zero-order valence-electron chi connectivity index (χ0n) is 9.61. The second kappa shape index (κ2) is 4.24. The number of halogens is 1. The molecule has 3 heteroatoms. The lowest BCUT2D eigenvalue weighted by Crippen LogP contribution is -2.27. The van der Waals surface area contributed by atoms with E-state index in [1.807, 2.05) is 6.07 Å². The highest BCUT2D eigenvalue weighted by Crippen LogP contribution is 2.31. The largest absolute Gasteiger partial charge is 0.368 e. The van der Waals surface area contributed by atoms with Gasteiger partial charge in [-0.2, -0.15) is 0 Å². The summed E-state index contributed by atoms with van der Waals surface area (Å²) in [6.07, 6.45) is 1.70. The van der Waals surface area contributed by atoms with Crippen LogP contribution in [-0.2, 0) is 0 Å². The van der Waals surface area contributed by atoms with Gasteiger partial charge in [0.2, 0.25) is 0 Å². The molecule has 0 bridgehead atoms. The van der Waals surface area contributed by atoms with Crippen LogP contribution < -0.4 is 4.90 Å². The van der Waals surface area contributed by atoms with Gasteiger partial charge in [0.1, 0.15) is 5.82 Å². The monoisotopic (exact) mass is 221 g/mol. The molecule has 0 N–H and O–H groups in total. The summed E-state index contributed by atoms with van der Waals surface area (Å²) in [6.45, 7) is 5.19. The third-order valence-corrected chi connectivity index (χ3v) is 3.24. The smallest absolute Gasteiger partial charge is 0.155 e. The Morgan fingerprint density at radius 3 is 2.75 bits per heavy atom. The van der Waals surface area contributed by atoms with Crippen LogP contribution in [0.1, 0.15) is 30.6 Å². The van der Waals surface area contributed by atoms with Crippen LogP contribution in [0.2, 0.25) is 0 Å². The van der Waals surface area contributed by atoms with E-state index in [4.69, 9.17) is 0 Å². The van der Waals surface area contributed by atoms with Crippen LogP contribution in [0.15, 0.2) is 18.2 Å². The standard InChI is InChI=1S/C13H16FNO/c1-9-6-10(2)15(7-9)13-5-3-4-12(14)11(13)8-16/h3-5,8-10H,6-7H2,1-2H3. The molecule has 2 atom stereocenters. The SMILES string of the molecule is CC1CC(C)N(c2cccc(F)c2C=O)C1. The molecule has 1 heterocycles. The molecule has 1 aromatic carbocycles. The molecular weight excluding hydrogens is 205 g/mol. The van der Waals surface area contributed by atoms with Crippen molar-refractivity contribution < 1.29 is 9.18 Å². The number of carbonyl (C=O) groups is 1. The molecule has 86 valence electrons. The minimum atomic E-state index is -0.431. The van der Waals surface area contributed by atoms with E-state index in [9.17, 15) is 9.18 Å². The van der Waals surface area contributed by atoms with Crippen LogP contribution in [0.3, 0.4) is 0 Å². The maximum absolute atomic E-state index is 13.5. The van der Waals surface area contributed by atoms with E-state index in [2.05, 4.69) is 18.7 Å². The fraction of sp³-hybridized carbons (Fsp3) is 0.462. The third-order valence-electron chi connectivity index (χ3n) is 3.24. The number of anilines is 1. The Morgan fingerprint density at radius 1 is 1.44 bits per heavy atom. The van der Waals surface area contributed by atoms with Crippen LogP contribution in [0.4, 0.5) is 10.1 Å². The lowest BCUT2D eigenvalue weighted by Gasteiger charge is -2.25. The Morgan fingerprint density at radius 2 is 2.19 bits per heavy atom. The summed E-state index contributed by atoms with van der Waals surface area (Å²) in [6, 6.07) is 5.18. The summed E-state index contributed by atoms with van der Waals surface area (Å²) >= 11 is 0. The minimum Gasteiger partial charge on any atom is -0.368 e. The molecule has 2 rings (SSSR count). The van der Waals surface area contributed by atoms with Crippen molar-refractivity contribution in [1.82, 2.24) is 0 Å². The predicted octanol–water partition coefficient (Wildman–Crippen LogP) is 2.87. The summed E-state index contributed by atoms with van der Waals surface area (Å²) in [4.78, 5) is 13.0. The van der Waals surface area contributed by atoms with E-state index in [1.54, 1.807) is 6.07 Å². The number of hydrogen-bond donors (Lipinski definition) is 0. The van der Waals surface area contributed by atoms with Crippen LogP contribution >= 0.6 is 0 Å². The van der Waals surface area contributed by atoms with Crippen molar-refractivity contribution in [2.75, 3.05) is 11.4 Å². The van der Waals surface area contributed by atoms with Crippen LogP contribution in [0.5, 0.6) is 0 Å². The number of hydrogen-bond acceptors (Lipinski definition) is 2. The highest BCUT2D eigenvalue weighted by atomic mass is 19.1. The summed E-state index contributed by atoms with van der Waals surface area (Å²) in [7, 11) is 0. The van der Waals surface area contributed by atoms with E-state index in [0.717, 1.165) is 18.7 Å².